The number of fused-ring (bicyclic) bond motifs is 1. The molecule has 4 rings (SSSR count). The minimum atomic E-state index is -3.63. The molecule has 0 aliphatic carbocycles. The smallest absolute Gasteiger partial charge is 0.413 e. The van der Waals surface area contributed by atoms with Gasteiger partial charge in [-0.15, -0.1) is 11.3 Å². The fourth-order valence-corrected chi connectivity index (χ4v) is 7.68. The van der Waals surface area contributed by atoms with E-state index in [2.05, 4.69) is 27.2 Å². The van der Waals surface area contributed by atoms with Crippen LogP contribution in [0.15, 0.2) is 29.2 Å². The van der Waals surface area contributed by atoms with E-state index in [-0.39, 0.29) is 16.0 Å². The highest BCUT2D eigenvalue weighted by atomic mass is 32.2. The quantitative estimate of drug-likeness (QED) is 0.525. The monoisotopic (exact) mass is 562 g/mol. The summed E-state index contributed by atoms with van der Waals surface area (Å²) < 4.78 is 32.2. The molecule has 3 heterocycles. The number of amides is 3. The van der Waals surface area contributed by atoms with Crippen LogP contribution in [0, 0.1) is 0 Å². The lowest BCUT2D eigenvalue weighted by Crippen LogP contribution is -2.34. The SMILES string of the molecule is CCCN1CCc2c(sc(NC(=O)c3ccc(S(=O)(=O)N4CCCCCC4)cc3)c2C(=O)NC(=O)OC)C1. The van der Waals surface area contributed by atoms with Crippen molar-refractivity contribution in [1.29, 1.82) is 0 Å². The van der Waals surface area contributed by atoms with Crippen LogP contribution in [-0.4, -0.2) is 68.8 Å². The van der Waals surface area contributed by atoms with E-state index in [9.17, 15) is 22.8 Å². The standard InChI is InChI=1S/C26H34N4O6S2/c1-3-13-29-16-12-20-21(17-29)37-25(22(20)24(32)28-26(33)36-2)27-23(31)18-8-10-19(11-9-18)38(34,35)30-14-6-4-5-7-15-30/h8-11H,3-7,12-17H2,1-2H3,(H,27,31)(H,28,32,33). The van der Waals surface area contributed by atoms with Gasteiger partial charge in [0, 0.05) is 36.6 Å². The average Bonchev–Trinajstić information content (AvgIpc) is 3.05. The molecule has 38 heavy (non-hydrogen) atoms. The van der Waals surface area contributed by atoms with E-state index in [1.807, 2.05) is 0 Å². The van der Waals surface area contributed by atoms with E-state index < -0.39 is 27.9 Å². The summed E-state index contributed by atoms with van der Waals surface area (Å²) in [5.74, 6) is -1.10. The van der Waals surface area contributed by atoms with Crippen molar-refractivity contribution in [3.05, 3.63) is 45.8 Å². The minimum absolute atomic E-state index is 0.150. The number of rotatable bonds is 7. The Hall–Kier alpha value is -2.80. The van der Waals surface area contributed by atoms with Crippen LogP contribution in [0.25, 0.3) is 0 Å². The highest BCUT2D eigenvalue weighted by Crippen LogP contribution is 2.37. The van der Waals surface area contributed by atoms with Crippen molar-refractivity contribution in [2.24, 2.45) is 0 Å². The molecule has 0 unspecified atom stereocenters. The molecule has 0 saturated carbocycles. The highest BCUT2D eigenvalue weighted by molar-refractivity contribution is 7.89. The molecule has 2 N–H and O–H groups in total. The number of imide groups is 1. The van der Waals surface area contributed by atoms with Crippen LogP contribution in [0.3, 0.4) is 0 Å². The van der Waals surface area contributed by atoms with E-state index in [1.54, 1.807) is 0 Å². The predicted molar refractivity (Wildman–Crippen MR) is 145 cm³/mol. The molecule has 0 atom stereocenters. The third kappa shape index (κ3) is 6.25. The van der Waals surface area contributed by atoms with Crippen molar-refractivity contribution < 1.29 is 27.5 Å². The first-order valence-corrected chi connectivity index (χ1v) is 15.2. The molecule has 2 aliphatic rings. The van der Waals surface area contributed by atoms with Crippen LogP contribution in [0.5, 0.6) is 0 Å². The molecule has 2 aromatic rings. The second-order valence-corrected chi connectivity index (χ2v) is 12.5. The Kier molecular flexibility index (Phi) is 9.19. The van der Waals surface area contributed by atoms with E-state index >= 15 is 0 Å². The maximum absolute atomic E-state index is 13.2. The third-order valence-corrected chi connectivity index (χ3v) is 9.90. The number of sulfonamides is 1. The van der Waals surface area contributed by atoms with Gasteiger partial charge in [0.25, 0.3) is 11.8 Å². The van der Waals surface area contributed by atoms with Crippen molar-refractivity contribution in [2.45, 2.75) is 56.9 Å². The zero-order chi connectivity index (χ0) is 27.3. The zero-order valence-corrected chi connectivity index (χ0v) is 23.4. The van der Waals surface area contributed by atoms with Gasteiger partial charge < -0.3 is 10.1 Å². The molecular formula is C26H34N4O6S2. The largest absolute Gasteiger partial charge is 0.453 e. The molecule has 1 aromatic heterocycles. The number of anilines is 1. The van der Waals surface area contributed by atoms with Crippen LogP contribution in [-0.2, 0) is 27.7 Å². The van der Waals surface area contributed by atoms with E-state index in [0.29, 0.717) is 31.1 Å². The minimum Gasteiger partial charge on any atom is -0.453 e. The number of carbonyl (C=O) groups excluding carboxylic acids is 3. The van der Waals surface area contributed by atoms with Crippen molar-refractivity contribution in [3.8, 4) is 0 Å². The molecule has 2 aliphatic heterocycles. The second kappa shape index (κ2) is 12.4. The third-order valence-electron chi connectivity index (χ3n) is 6.85. The van der Waals surface area contributed by atoms with Gasteiger partial charge in [-0.2, -0.15) is 4.31 Å². The van der Waals surface area contributed by atoms with Gasteiger partial charge >= 0.3 is 6.09 Å². The van der Waals surface area contributed by atoms with Crippen LogP contribution >= 0.6 is 11.3 Å². The predicted octanol–water partition coefficient (Wildman–Crippen LogP) is 3.83. The number of carbonyl (C=O) groups is 3. The molecule has 206 valence electrons. The first-order valence-electron chi connectivity index (χ1n) is 12.9. The Labute approximate surface area is 227 Å². The number of nitrogens with zero attached hydrogens (tertiary/aromatic N) is 2. The summed E-state index contributed by atoms with van der Waals surface area (Å²) >= 11 is 1.32. The normalized spacial score (nSPS) is 16.8. The lowest BCUT2D eigenvalue weighted by molar-refractivity contribution is 0.0936. The topological polar surface area (TPSA) is 125 Å². The van der Waals surface area contributed by atoms with Gasteiger partial charge in [-0.25, -0.2) is 13.2 Å². The first-order chi connectivity index (χ1) is 18.2. The molecule has 1 fully saturated rings. The molecular weight excluding hydrogens is 528 g/mol. The number of hydrogen-bond donors (Lipinski definition) is 2. The van der Waals surface area contributed by atoms with Gasteiger partial charge in [-0.1, -0.05) is 19.8 Å². The number of benzene rings is 1. The summed E-state index contributed by atoms with van der Waals surface area (Å²) in [6, 6.07) is 5.85. The lowest BCUT2D eigenvalue weighted by atomic mass is 10.0. The number of ether oxygens (including phenoxy) is 1. The van der Waals surface area contributed by atoms with Crippen LogP contribution in [0.4, 0.5) is 9.80 Å². The van der Waals surface area contributed by atoms with E-state index in [1.165, 1.54) is 47.0 Å². The van der Waals surface area contributed by atoms with Crippen LogP contribution in [0.2, 0.25) is 0 Å². The maximum Gasteiger partial charge on any atom is 0.413 e. The zero-order valence-electron chi connectivity index (χ0n) is 21.7. The molecule has 0 radical (unpaired) electrons. The Morgan fingerprint density at radius 2 is 1.68 bits per heavy atom. The molecule has 0 bridgehead atoms. The van der Waals surface area contributed by atoms with Crippen molar-refractivity contribution in [1.82, 2.24) is 14.5 Å². The van der Waals surface area contributed by atoms with Crippen LogP contribution < -0.4 is 10.6 Å². The van der Waals surface area contributed by atoms with Gasteiger partial charge in [0.2, 0.25) is 10.0 Å². The van der Waals surface area contributed by atoms with E-state index in [4.69, 9.17) is 0 Å². The summed E-state index contributed by atoms with van der Waals surface area (Å²) in [7, 11) is -2.45. The Morgan fingerprint density at radius 3 is 2.32 bits per heavy atom. The fourth-order valence-electron chi connectivity index (χ4n) is 4.88. The van der Waals surface area contributed by atoms with Crippen molar-refractivity contribution >= 4 is 44.3 Å². The second-order valence-electron chi connectivity index (χ2n) is 9.48. The van der Waals surface area contributed by atoms with Gasteiger partial charge in [-0.05, 0) is 62.1 Å². The summed E-state index contributed by atoms with van der Waals surface area (Å²) in [5, 5.41) is 5.37. The first kappa shape index (κ1) is 28.2. The molecule has 1 saturated heterocycles. The molecule has 0 spiro atoms. The number of thiophene rings is 1. The van der Waals surface area contributed by atoms with Gasteiger partial charge in [-0.3, -0.25) is 19.8 Å². The fraction of sp³-hybridized carbons (Fsp3) is 0.500. The lowest BCUT2D eigenvalue weighted by Gasteiger charge is -2.26. The molecule has 10 nitrogen and oxygen atoms in total. The Morgan fingerprint density at radius 1 is 1.00 bits per heavy atom. The molecule has 12 heteroatoms. The van der Waals surface area contributed by atoms with Crippen molar-refractivity contribution in [2.75, 3.05) is 38.6 Å². The highest BCUT2D eigenvalue weighted by Gasteiger charge is 2.30. The molecule has 3 amide bonds. The van der Waals surface area contributed by atoms with Gasteiger partial charge in [0.1, 0.15) is 5.00 Å². The van der Waals surface area contributed by atoms with Crippen LogP contribution in [0.1, 0.15) is 70.2 Å². The number of nitrogens with one attached hydrogen (secondary N) is 2. The Balaban J connectivity index is 1.56. The van der Waals surface area contributed by atoms with E-state index in [0.717, 1.165) is 55.6 Å². The average molecular weight is 563 g/mol. The summed E-state index contributed by atoms with van der Waals surface area (Å²) in [6.07, 6.45) is 4.47. The number of hydrogen-bond acceptors (Lipinski definition) is 8. The summed E-state index contributed by atoms with van der Waals surface area (Å²) in [4.78, 5) is 41.3. The van der Waals surface area contributed by atoms with Gasteiger partial charge in [0.15, 0.2) is 0 Å². The summed E-state index contributed by atoms with van der Waals surface area (Å²) in [5.41, 5.74) is 1.34. The Bertz CT molecular complexity index is 1280. The summed E-state index contributed by atoms with van der Waals surface area (Å²) in [6.45, 7) is 5.46. The number of alkyl carbamates (subject to hydrolysis) is 1. The van der Waals surface area contributed by atoms with Crippen molar-refractivity contribution in [3.63, 3.8) is 0 Å². The maximum atomic E-state index is 13.2. The van der Waals surface area contributed by atoms with Gasteiger partial charge in [0.05, 0.1) is 17.6 Å². The molecule has 1 aromatic carbocycles. The number of methoxy groups -OCH3 is 1.